The van der Waals surface area contributed by atoms with Crippen LogP contribution in [0.2, 0.25) is 0 Å². The van der Waals surface area contributed by atoms with Crippen molar-refractivity contribution in [3.63, 3.8) is 0 Å². The van der Waals surface area contributed by atoms with Gasteiger partial charge in [0.25, 0.3) is 0 Å². The van der Waals surface area contributed by atoms with Crippen molar-refractivity contribution < 1.29 is 29.3 Å². The number of rotatable bonds is 7. The highest BCUT2D eigenvalue weighted by atomic mass is 16.6. The third-order valence-corrected chi connectivity index (χ3v) is 5.52. The molecule has 0 aliphatic rings. The van der Waals surface area contributed by atoms with Crippen molar-refractivity contribution in [1.29, 1.82) is 0 Å². The molecular weight excluding hydrogens is 498 g/mol. The molecule has 2 unspecified atom stereocenters. The Kier molecular flexibility index (Phi) is 9.66. The maximum atomic E-state index is 14.4. The largest absolute Gasteiger partial charge is 0.508 e. The Bertz CT molecular complexity index is 1160. The summed E-state index contributed by atoms with van der Waals surface area (Å²) in [5.74, 6) is -0.924. The molecule has 214 valence electrons. The average molecular weight is 542 g/mol. The molecule has 0 aromatic heterocycles. The number of alkyl carbamates (subject to hydrolysis) is 1. The highest BCUT2D eigenvalue weighted by Gasteiger charge is 2.42. The zero-order valence-electron chi connectivity index (χ0n) is 24.5. The zero-order chi connectivity index (χ0) is 29.8. The first-order valence-electron chi connectivity index (χ1n) is 13.0. The maximum absolute atomic E-state index is 14.4. The van der Waals surface area contributed by atoms with E-state index in [1.54, 1.807) is 65.8 Å². The van der Waals surface area contributed by atoms with Crippen LogP contribution in [0.3, 0.4) is 0 Å². The van der Waals surface area contributed by atoms with Crippen LogP contribution in [0.15, 0.2) is 48.5 Å². The molecule has 0 radical (unpaired) electrons. The number of nitrogens with zero attached hydrogens (tertiary/aromatic N) is 1. The van der Waals surface area contributed by atoms with Gasteiger partial charge >= 0.3 is 6.09 Å². The van der Waals surface area contributed by atoms with Crippen LogP contribution in [0.25, 0.3) is 0 Å². The van der Waals surface area contributed by atoms with Crippen LogP contribution in [0, 0.1) is 0 Å². The van der Waals surface area contributed by atoms with Crippen LogP contribution in [0.5, 0.6) is 11.5 Å². The van der Waals surface area contributed by atoms with Gasteiger partial charge in [-0.1, -0.05) is 24.3 Å². The molecule has 2 atom stereocenters. The highest BCUT2D eigenvalue weighted by Crippen LogP contribution is 2.32. The molecule has 9 nitrogen and oxygen atoms in total. The number of phenols is 2. The van der Waals surface area contributed by atoms with E-state index in [1.165, 1.54) is 29.2 Å². The van der Waals surface area contributed by atoms with Crippen molar-refractivity contribution in [2.75, 3.05) is 0 Å². The van der Waals surface area contributed by atoms with Crippen molar-refractivity contribution in [3.05, 3.63) is 59.7 Å². The SMILES string of the molecule is CC(C)(C)NC(=O)C(c1cccc(O)c1)N(C(=O)C(Cc1ccc(O)cc1)NC(=O)OC(C)(C)C)C(C)(C)C. The molecule has 0 heterocycles. The Balaban J connectivity index is 2.64. The summed E-state index contributed by atoms with van der Waals surface area (Å²) < 4.78 is 5.44. The van der Waals surface area contributed by atoms with E-state index >= 15 is 0 Å². The summed E-state index contributed by atoms with van der Waals surface area (Å²) in [5.41, 5.74) is -1.18. The normalized spacial score (nSPS) is 13.7. The molecule has 39 heavy (non-hydrogen) atoms. The van der Waals surface area contributed by atoms with Gasteiger partial charge in [-0.3, -0.25) is 9.59 Å². The van der Waals surface area contributed by atoms with Gasteiger partial charge in [-0.2, -0.15) is 0 Å². The molecular formula is C30H43N3O6. The molecule has 2 aromatic rings. The van der Waals surface area contributed by atoms with Gasteiger partial charge in [-0.25, -0.2) is 4.79 Å². The number of nitrogens with one attached hydrogen (secondary N) is 2. The van der Waals surface area contributed by atoms with E-state index in [9.17, 15) is 24.6 Å². The van der Waals surface area contributed by atoms with Crippen molar-refractivity contribution in [1.82, 2.24) is 15.5 Å². The Morgan fingerprint density at radius 1 is 0.872 bits per heavy atom. The number of carbonyl (C=O) groups excluding carboxylic acids is 3. The van der Waals surface area contributed by atoms with Crippen LogP contribution in [0.4, 0.5) is 4.79 Å². The molecule has 2 rings (SSSR count). The molecule has 0 bridgehead atoms. The van der Waals surface area contributed by atoms with E-state index in [1.807, 2.05) is 20.8 Å². The minimum absolute atomic E-state index is 0.0464. The predicted molar refractivity (Wildman–Crippen MR) is 150 cm³/mol. The summed E-state index contributed by atoms with van der Waals surface area (Å²) in [6.45, 7) is 16.1. The van der Waals surface area contributed by atoms with E-state index in [0.29, 0.717) is 11.1 Å². The van der Waals surface area contributed by atoms with Gasteiger partial charge in [0.05, 0.1) is 0 Å². The second kappa shape index (κ2) is 12.0. The molecule has 9 heteroatoms. The first-order valence-corrected chi connectivity index (χ1v) is 13.0. The molecule has 3 amide bonds. The molecule has 0 spiro atoms. The van der Waals surface area contributed by atoms with Crippen LogP contribution in [-0.4, -0.2) is 55.7 Å². The van der Waals surface area contributed by atoms with E-state index in [-0.39, 0.29) is 17.9 Å². The van der Waals surface area contributed by atoms with Crippen molar-refractivity contribution >= 4 is 17.9 Å². The third kappa shape index (κ3) is 9.81. The summed E-state index contributed by atoms with van der Waals surface area (Å²) in [4.78, 5) is 42.4. The summed E-state index contributed by atoms with van der Waals surface area (Å²) in [6, 6.07) is 10.3. The van der Waals surface area contributed by atoms with E-state index in [2.05, 4.69) is 10.6 Å². The number of benzene rings is 2. The molecule has 0 fully saturated rings. The Labute approximate surface area is 231 Å². The van der Waals surface area contributed by atoms with Gasteiger partial charge in [0.2, 0.25) is 11.8 Å². The Morgan fingerprint density at radius 2 is 1.46 bits per heavy atom. The first-order chi connectivity index (χ1) is 17.8. The summed E-state index contributed by atoms with van der Waals surface area (Å²) in [7, 11) is 0. The van der Waals surface area contributed by atoms with Crippen LogP contribution in [-0.2, 0) is 20.7 Å². The lowest BCUT2D eigenvalue weighted by molar-refractivity contribution is -0.149. The van der Waals surface area contributed by atoms with Gasteiger partial charge in [-0.15, -0.1) is 0 Å². The standard InChI is InChI=1S/C30H43N3O6/c1-28(2,3)32-25(36)24(20-11-10-12-22(35)18-20)33(29(4,5)6)26(37)23(31-27(38)39-30(7,8)9)17-19-13-15-21(34)16-14-19/h10-16,18,23-24,34-35H,17H2,1-9H3,(H,31,38)(H,32,36). The second-order valence-corrected chi connectivity index (χ2v) is 12.7. The lowest BCUT2D eigenvalue weighted by atomic mass is 9.93. The molecule has 0 aliphatic carbocycles. The number of amides is 3. The second-order valence-electron chi connectivity index (χ2n) is 12.7. The van der Waals surface area contributed by atoms with Crippen LogP contribution >= 0.6 is 0 Å². The molecule has 0 saturated carbocycles. The number of hydrogen-bond acceptors (Lipinski definition) is 6. The topological polar surface area (TPSA) is 128 Å². The van der Waals surface area contributed by atoms with Gasteiger partial charge < -0.3 is 30.5 Å². The summed E-state index contributed by atoms with van der Waals surface area (Å²) in [5, 5.41) is 25.6. The Hall–Kier alpha value is -3.75. The highest BCUT2D eigenvalue weighted by molar-refractivity contribution is 5.93. The van der Waals surface area contributed by atoms with Gasteiger partial charge in [0.15, 0.2) is 0 Å². The maximum Gasteiger partial charge on any atom is 0.408 e. The quantitative estimate of drug-likeness (QED) is 0.398. The van der Waals surface area contributed by atoms with E-state index in [0.717, 1.165) is 0 Å². The van der Waals surface area contributed by atoms with Crippen molar-refractivity contribution in [2.24, 2.45) is 0 Å². The van der Waals surface area contributed by atoms with Crippen LogP contribution in [0.1, 0.15) is 79.5 Å². The minimum atomic E-state index is -1.12. The van der Waals surface area contributed by atoms with E-state index in [4.69, 9.17) is 4.74 Å². The number of ether oxygens (including phenoxy) is 1. The number of hydrogen-bond donors (Lipinski definition) is 4. The van der Waals surface area contributed by atoms with E-state index < -0.39 is 46.7 Å². The molecule has 2 aromatic carbocycles. The van der Waals surface area contributed by atoms with Gasteiger partial charge in [0.1, 0.15) is 29.2 Å². The fourth-order valence-electron chi connectivity index (χ4n) is 4.08. The van der Waals surface area contributed by atoms with Gasteiger partial charge in [0, 0.05) is 17.5 Å². The lowest BCUT2D eigenvalue weighted by Crippen LogP contribution is -2.60. The van der Waals surface area contributed by atoms with Crippen molar-refractivity contribution in [3.8, 4) is 11.5 Å². The predicted octanol–water partition coefficient (Wildman–Crippen LogP) is 4.82. The summed E-state index contributed by atoms with van der Waals surface area (Å²) >= 11 is 0. The fraction of sp³-hybridized carbons (Fsp3) is 0.500. The number of carbonyl (C=O) groups is 3. The molecule has 0 saturated heterocycles. The third-order valence-electron chi connectivity index (χ3n) is 5.52. The number of phenolic OH excluding ortho intramolecular Hbond substituents is 2. The first kappa shape index (κ1) is 31.5. The monoisotopic (exact) mass is 541 g/mol. The summed E-state index contributed by atoms with van der Waals surface area (Å²) in [6.07, 6.45) is -0.694. The minimum Gasteiger partial charge on any atom is -0.508 e. The van der Waals surface area contributed by atoms with Crippen molar-refractivity contribution in [2.45, 2.75) is 97.5 Å². The zero-order valence-corrected chi connectivity index (χ0v) is 24.5. The fourth-order valence-corrected chi connectivity index (χ4v) is 4.08. The van der Waals surface area contributed by atoms with Gasteiger partial charge in [-0.05, 0) is 97.7 Å². The Morgan fingerprint density at radius 3 is 1.95 bits per heavy atom. The number of aromatic hydroxyl groups is 2. The van der Waals surface area contributed by atoms with Crippen LogP contribution < -0.4 is 10.6 Å². The average Bonchev–Trinajstić information content (AvgIpc) is 2.74. The molecule has 4 N–H and O–H groups in total. The lowest BCUT2D eigenvalue weighted by Gasteiger charge is -2.43. The molecule has 0 aliphatic heterocycles. The smallest absolute Gasteiger partial charge is 0.408 e.